The number of hydrogen-bond donors (Lipinski definition) is 0. The van der Waals surface area contributed by atoms with Gasteiger partial charge in [0.25, 0.3) is 0 Å². The number of carbonyl (C=O) groups excluding carboxylic acids is 3. The Hall–Kier alpha value is -3.09. The van der Waals surface area contributed by atoms with Crippen molar-refractivity contribution < 1.29 is 33.3 Å². The summed E-state index contributed by atoms with van der Waals surface area (Å²) >= 11 is 0. The second-order valence-corrected chi connectivity index (χ2v) is 6.07. The Morgan fingerprint density at radius 2 is 1.81 bits per heavy atom. The minimum Gasteiger partial charge on any atom is -0.497 e. The molecule has 0 aliphatic carbocycles. The molecular formula is C19H18O7. The summed E-state index contributed by atoms with van der Waals surface area (Å²) in [5.41, 5.74) is 0.865. The lowest BCUT2D eigenvalue weighted by Gasteiger charge is -2.25. The highest BCUT2D eigenvalue weighted by atomic mass is 16.6. The Morgan fingerprint density at radius 1 is 1.12 bits per heavy atom. The summed E-state index contributed by atoms with van der Waals surface area (Å²) in [7, 11) is 1.49. The highest BCUT2D eigenvalue weighted by molar-refractivity contribution is 6.07. The second kappa shape index (κ2) is 6.67. The van der Waals surface area contributed by atoms with E-state index in [2.05, 4.69) is 0 Å². The summed E-state index contributed by atoms with van der Waals surface area (Å²) in [6.07, 6.45) is 0.182. The van der Waals surface area contributed by atoms with E-state index in [1.54, 1.807) is 19.1 Å². The first-order valence-corrected chi connectivity index (χ1v) is 8.05. The highest BCUT2D eigenvalue weighted by Gasteiger charge is 2.31. The number of ether oxygens (including phenoxy) is 4. The summed E-state index contributed by atoms with van der Waals surface area (Å²) in [4.78, 5) is 35.6. The maximum atomic E-state index is 12.5. The monoisotopic (exact) mass is 358 g/mol. The van der Waals surface area contributed by atoms with E-state index in [9.17, 15) is 14.4 Å². The van der Waals surface area contributed by atoms with Gasteiger partial charge in [-0.25, -0.2) is 4.79 Å². The average molecular weight is 358 g/mol. The third kappa shape index (κ3) is 3.20. The molecule has 2 aromatic rings. The van der Waals surface area contributed by atoms with Gasteiger partial charge in [-0.3, -0.25) is 9.59 Å². The molecule has 7 nitrogen and oxygen atoms in total. The third-order valence-electron chi connectivity index (χ3n) is 3.97. The minimum atomic E-state index is -0.601. The molecule has 1 heterocycles. The maximum absolute atomic E-state index is 12.5. The zero-order valence-electron chi connectivity index (χ0n) is 14.9. The molecule has 0 spiro atoms. The van der Waals surface area contributed by atoms with E-state index in [-0.39, 0.29) is 23.2 Å². The van der Waals surface area contributed by atoms with Gasteiger partial charge in [0.05, 0.1) is 12.5 Å². The predicted molar refractivity (Wildman–Crippen MR) is 91.7 cm³/mol. The van der Waals surface area contributed by atoms with Crippen LogP contribution in [0.1, 0.15) is 36.7 Å². The molecule has 26 heavy (non-hydrogen) atoms. The SMILES string of the molecule is COc1cc(OC(C)=O)c2c(OC(C)=O)c3c(cc2c1)C[C@@H](C)OC3=O. The molecule has 0 saturated heterocycles. The zero-order chi connectivity index (χ0) is 19.0. The molecule has 3 rings (SSSR count). The Labute approximate surface area is 149 Å². The number of methoxy groups -OCH3 is 1. The van der Waals surface area contributed by atoms with E-state index in [0.29, 0.717) is 28.5 Å². The molecule has 1 aliphatic rings. The molecule has 0 bridgehead atoms. The van der Waals surface area contributed by atoms with Crippen LogP contribution in [-0.4, -0.2) is 31.1 Å². The first-order chi connectivity index (χ1) is 12.3. The summed E-state index contributed by atoms with van der Waals surface area (Å²) in [6, 6.07) is 5.02. The molecule has 0 unspecified atom stereocenters. The molecule has 1 atom stereocenters. The molecule has 2 aromatic carbocycles. The van der Waals surface area contributed by atoms with Crippen LogP contribution in [0.25, 0.3) is 10.8 Å². The molecule has 1 aliphatic heterocycles. The number of fused-ring (bicyclic) bond motifs is 2. The predicted octanol–water partition coefficient (Wildman–Crippen LogP) is 2.80. The van der Waals surface area contributed by atoms with Crippen molar-refractivity contribution in [3.8, 4) is 17.2 Å². The van der Waals surface area contributed by atoms with Crippen molar-refractivity contribution in [3.05, 3.63) is 29.3 Å². The molecule has 0 amide bonds. The number of rotatable bonds is 3. The number of carbonyl (C=O) groups is 3. The molecule has 136 valence electrons. The summed E-state index contributed by atoms with van der Waals surface area (Å²) in [5, 5.41) is 0.957. The lowest BCUT2D eigenvalue weighted by molar-refractivity contribution is -0.132. The second-order valence-electron chi connectivity index (χ2n) is 6.07. The number of cyclic esters (lactones) is 1. The molecule has 0 aromatic heterocycles. The zero-order valence-corrected chi connectivity index (χ0v) is 14.9. The van der Waals surface area contributed by atoms with Crippen LogP contribution in [0, 0.1) is 0 Å². The third-order valence-corrected chi connectivity index (χ3v) is 3.97. The highest BCUT2D eigenvalue weighted by Crippen LogP contribution is 2.43. The van der Waals surface area contributed by atoms with Crippen molar-refractivity contribution >= 4 is 28.7 Å². The van der Waals surface area contributed by atoms with Crippen LogP contribution < -0.4 is 14.2 Å². The first kappa shape index (κ1) is 17.7. The van der Waals surface area contributed by atoms with E-state index in [4.69, 9.17) is 18.9 Å². The first-order valence-electron chi connectivity index (χ1n) is 8.05. The van der Waals surface area contributed by atoms with Crippen LogP contribution in [0.15, 0.2) is 18.2 Å². The van der Waals surface area contributed by atoms with Crippen molar-refractivity contribution in [1.29, 1.82) is 0 Å². The summed E-state index contributed by atoms with van der Waals surface area (Å²) in [5.74, 6) is -1.11. The number of esters is 3. The van der Waals surface area contributed by atoms with Crippen LogP contribution in [0.5, 0.6) is 17.2 Å². The van der Waals surface area contributed by atoms with Gasteiger partial charge >= 0.3 is 17.9 Å². The lowest BCUT2D eigenvalue weighted by atomic mass is 9.93. The van der Waals surface area contributed by atoms with Crippen molar-refractivity contribution in [2.24, 2.45) is 0 Å². The van der Waals surface area contributed by atoms with Crippen molar-refractivity contribution in [3.63, 3.8) is 0 Å². The average Bonchev–Trinajstić information content (AvgIpc) is 2.52. The van der Waals surface area contributed by atoms with Crippen LogP contribution >= 0.6 is 0 Å². The van der Waals surface area contributed by atoms with Gasteiger partial charge in [0.15, 0.2) is 5.75 Å². The normalized spacial score (nSPS) is 15.8. The smallest absolute Gasteiger partial charge is 0.342 e. The van der Waals surface area contributed by atoms with Crippen LogP contribution in [0.4, 0.5) is 0 Å². The lowest BCUT2D eigenvalue weighted by Crippen LogP contribution is -2.26. The molecule has 0 saturated carbocycles. The molecule has 7 heteroatoms. The fraction of sp³-hybridized carbons (Fsp3) is 0.316. The minimum absolute atomic E-state index is 0.0285. The van der Waals surface area contributed by atoms with E-state index < -0.39 is 17.9 Å². The molecular weight excluding hydrogens is 340 g/mol. The fourth-order valence-corrected chi connectivity index (χ4v) is 3.08. The van der Waals surface area contributed by atoms with E-state index in [1.165, 1.54) is 27.0 Å². The van der Waals surface area contributed by atoms with E-state index in [1.807, 2.05) is 0 Å². The standard InChI is InChI=1S/C19H18O7/c1-9-5-12-6-13-7-14(23-4)8-15(25-10(2)20)16(13)18(26-11(3)21)17(12)19(22)24-9/h6-9H,5H2,1-4H3/t9-/m1/s1. The summed E-state index contributed by atoms with van der Waals surface area (Å²) in [6.45, 7) is 4.27. The Balaban J connectivity index is 2.40. The largest absolute Gasteiger partial charge is 0.497 e. The van der Waals surface area contributed by atoms with Crippen LogP contribution in [-0.2, 0) is 20.7 Å². The van der Waals surface area contributed by atoms with Crippen molar-refractivity contribution in [1.82, 2.24) is 0 Å². The van der Waals surface area contributed by atoms with Gasteiger partial charge in [-0.2, -0.15) is 0 Å². The van der Waals surface area contributed by atoms with Gasteiger partial charge in [0.1, 0.15) is 23.2 Å². The molecule has 0 N–H and O–H groups in total. The Kier molecular flexibility index (Phi) is 4.54. The fourth-order valence-electron chi connectivity index (χ4n) is 3.08. The van der Waals surface area contributed by atoms with Gasteiger partial charge in [0, 0.05) is 26.3 Å². The summed E-state index contributed by atoms with van der Waals surface area (Å²) < 4.78 is 21.2. The van der Waals surface area contributed by atoms with Gasteiger partial charge in [-0.15, -0.1) is 0 Å². The van der Waals surface area contributed by atoms with Gasteiger partial charge < -0.3 is 18.9 Å². The maximum Gasteiger partial charge on any atom is 0.342 e. The van der Waals surface area contributed by atoms with Crippen LogP contribution in [0.2, 0.25) is 0 Å². The topological polar surface area (TPSA) is 88.1 Å². The van der Waals surface area contributed by atoms with Crippen LogP contribution in [0.3, 0.4) is 0 Å². The molecule has 0 fully saturated rings. The molecule has 0 radical (unpaired) electrons. The Morgan fingerprint density at radius 3 is 2.42 bits per heavy atom. The van der Waals surface area contributed by atoms with E-state index in [0.717, 1.165) is 0 Å². The van der Waals surface area contributed by atoms with Gasteiger partial charge in [0.2, 0.25) is 0 Å². The van der Waals surface area contributed by atoms with Gasteiger partial charge in [-0.1, -0.05) is 0 Å². The number of benzene rings is 2. The quantitative estimate of drug-likeness (QED) is 0.616. The van der Waals surface area contributed by atoms with E-state index >= 15 is 0 Å². The number of hydrogen-bond acceptors (Lipinski definition) is 7. The van der Waals surface area contributed by atoms with Gasteiger partial charge in [-0.05, 0) is 30.0 Å². The van der Waals surface area contributed by atoms with Crippen molar-refractivity contribution in [2.75, 3.05) is 7.11 Å². The van der Waals surface area contributed by atoms with Crippen molar-refractivity contribution in [2.45, 2.75) is 33.3 Å². The Bertz CT molecular complexity index is 929.